The van der Waals surface area contributed by atoms with E-state index in [0.717, 1.165) is 5.56 Å². The van der Waals surface area contributed by atoms with Crippen molar-refractivity contribution < 1.29 is 29.4 Å². The zero-order valence-corrected chi connectivity index (χ0v) is 21.8. The fraction of sp³-hybridized carbons (Fsp3) is 0.286. The summed E-state index contributed by atoms with van der Waals surface area (Å²) in [4.78, 5) is 67.9. The van der Waals surface area contributed by atoms with E-state index >= 15 is 0 Å². The largest absolute Gasteiger partial charge is 0.481 e. The number of fused-ring (bicyclic) bond motifs is 1. The summed E-state index contributed by atoms with van der Waals surface area (Å²) >= 11 is 0. The number of hydrogen-bond acceptors (Lipinski definition) is 7. The number of aromatic amines is 1. The molecule has 0 spiro atoms. The van der Waals surface area contributed by atoms with Gasteiger partial charge in [-0.1, -0.05) is 12.0 Å². The number of nitrogens with zero attached hydrogens (tertiary/aromatic N) is 2. The van der Waals surface area contributed by atoms with Crippen LogP contribution in [-0.2, 0) is 20.9 Å². The second kappa shape index (κ2) is 13.6. The molecule has 5 N–H and O–H groups in total. The van der Waals surface area contributed by atoms with Crippen LogP contribution >= 0.6 is 0 Å². The van der Waals surface area contributed by atoms with E-state index in [9.17, 15) is 29.1 Å². The first-order valence-electron chi connectivity index (χ1n) is 12.4. The predicted molar refractivity (Wildman–Crippen MR) is 147 cm³/mol. The molecule has 208 valence electrons. The summed E-state index contributed by atoms with van der Waals surface area (Å²) in [5.41, 5.74) is 2.10. The van der Waals surface area contributed by atoms with E-state index in [1.54, 1.807) is 31.2 Å². The SMILES string of the molecule is C#CCN(Cc1ccc2nc(C)[nH]c(=O)c2c1)c1ccc(C(=O)N[C@H](CCC(=O)NCCC(=O)O)C(=O)O)cc1. The summed E-state index contributed by atoms with van der Waals surface area (Å²) in [6.45, 7) is 2.27. The summed E-state index contributed by atoms with van der Waals surface area (Å²) in [5, 5.41) is 23.3. The molecule has 0 unspecified atom stereocenters. The summed E-state index contributed by atoms with van der Waals surface area (Å²) in [6, 6.07) is 10.5. The minimum atomic E-state index is -1.32. The van der Waals surface area contributed by atoms with Crippen molar-refractivity contribution in [3.8, 4) is 12.3 Å². The molecule has 1 aromatic heterocycles. The van der Waals surface area contributed by atoms with Crippen molar-refractivity contribution in [2.45, 2.75) is 38.8 Å². The van der Waals surface area contributed by atoms with Gasteiger partial charge in [0.1, 0.15) is 11.9 Å². The molecule has 12 nitrogen and oxygen atoms in total. The number of aromatic nitrogens is 2. The summed E-state index contributed by atoms with van der Waals surface area (Å²) in [5.74, 6) is -0.392. The number of nitrogens with one attached hydrogen (secondary N) is 3. The molecule has 0 radical (unpaired) electrons. The van der Waals surface area contributed by atoms with Crippen LogP contribution in [0.2, 0.25) is 0 Å². The average molecular weight is 548 g/mol. The number of benzene rings is 2. The highest BCUT2D eigenvalue weighted by atomic mass is 16.4. The van der Waals surface area contributed by atoms with Crippen molar-refractivity contribution in [3.63, 3.8) is 0 Å². The molecular weight excluding hydrogens is 518 g/mol. The number of rotatable bonds is 13. The molecule has 0 saturated heterocycles. The van der Waals surface area contributed by atoms with Gasteiger partial charge in [0.2, 0.25) is 5.91 Å². The Morgan fingerprint density at radius 3 is 2.48 bits per heavy atom. The molecular formula is C28H29N5O7. The lowest BCUT2D eigenvalue weighted by molar-refractivity contribution is -0.139. The molecule has 0 aliphatic carbocycles. The minimum Gasteiger partial charge on any atom is -0.481 e. The van der Waals surface area contributed by atoms with Crippen LogP contribution < -0.4 is 21.1 Å². The number of carboxylic acid groups (broad SMARTS) is 2. The Morgan fingerprint density at radius 1 is 1.10 bits per heavy atom. The van der Waals surface area contributed by atoms with Crippen LogP contribution in [0.4, 0.5) is 5.69 Å². The number of terminal acetylenes is 1. The van der Waals surface area contributed by atoms with Crippen LogP contribution in [0, 0.1) is 19.3 Å². The standard InChI is InChI=1S/C28H29N5O7/c1-3-14-33(16-18-4-9-22-21(15-18)27(38)31-17(2)30-22)20-7-5-19(6-8-20)26(37)32-23(28(39)40)10-11-24(34)29-13-12-25(35)36/h1,4-9,15,23H,10-14,16H2,2H3,(H,29,34)(H,32,37)(H,35,36)(H,39,40)(H,30,31,38)/t23-/m1/s1. The first-order valence-corrected chi connectivity index (χ1v) is 12.4. The molecule has 0 saturated carbocycles. The van der Waals surface area contributed by atoms with Crippen LogP contribution in [0.25, 0.3) is 10.9 Å². The smallest absolute Gasteiger partial charge is 0.326 e. The fourth-order valence-corrected chi connectivity index (χ4v) is 3.97. The molecule has 3 aromatic rings. The number of carboxylic acids is 2. The Hall–Kier alpha value is -5.18. The monoisotopic (exact) mass is 547 g/mol. The number of carbonyl (C=O) groups is 4. The molecule has 40 heavy (non-hydrogen) atoms. The zero-order valence-electron chi connectivity index (χ0n) is 21.8. The minimum absolute atomic E-state index is 0.0721. The summed E-state index contributed by atoms with van der Waals surface area (Å²) in [6.07, 6.45) is 4.95. The van der Waals surface area contributed by atoms with Gasteiger partial charge in [0, 0.05) is 30.8 Å². The number of hydrogen-bond donors (Lipinski definition) is 5. The van der Waals surface area contributed by atoms with Gasteiger partial charge >= 0.3 is 11.9 Å². The molecule has 3 rings (SSSR count). The van der Waals surface area contributed by atoms with Gasteiger partial charge < -0.3 is 30.7 Å². The summed E-state index contributed by atoms with van der Waals surface area (Å²) in [7, 11) is 0. The number of amides is 2. The molecule has 12 heteroatoms. The van der Waals surface area contributed by atoms with Crippen LogP contribution in [0.5, 0.6) is 0 Å². The third-order valence-electron chi connectivity index (χ3n) is 5.96. The van der Waals surface area contributed by atoms with E-state index in [2.05, 4.69) is 26.5 Å². The quantitative estimate of drug-likeness (QED) is 0.198. The first-order chi connectivity index (χ1) is 19.1. The van der Waals surface area contributed by atoms with E-state index in [4.69, 9.17) is 11.5 Å². The van der Waals surface area contributed by atoms with Gasteiger partial charge in [0.15, 0.2) is 0 Å². The molecule has 0 bridgehead atoms. The van der Waals surface area contributed by atoms with Crippen LogP contribution in [-0.4, -0.2) is 63.1 Å². The molecule has 0 fully saturated rings. The molecule has 2 amide bonds. The Morgan fingerprint density at radius 2 is 1.82 bits per heavy atom. The van der Waals surface area contributed by atoms with Crippen molar-refractivity contribution in [2.24, 2.45) is 0 Å². The maximum atomic E-state index is 12.7. The molecule has 1 heterocycles. The Bertz CT molecular complexity index is 1510. The van der Waals surface area contributed by atoms with Crippen molar-refractivity contribution >= 4 is 40.3 Å². The second-order valence-electron chi connectivity index (χ2n) is 9.01. The zero-order chi connectivity index (χ0) is 29.2. The summed E-state index contributed by atoms with van der Waals surface area (Å²) < 4.78 is 0. The Labute approximate surface area is 229 Å². The average Bonchev–Trinajstić information content (AvgIpc) is 2.90. The third-order valence-corrected chi connectivity index (χ3v) is 5.96. The normalized spacial score (nSPS) is 11.3. The topological polar surface area (TPSA) is 182 Å². The van der Waals surface area contributed by atoms with E-state index in [1.165, 1.54) is 12.1 Å². The lowest BCUT2D eigenvalue weighted by Gasteiger charge is -2.23. The van der Waals surface area contributed by atoms with Crippen molar-refractivity contribution in [1.82, 2.24) is 20.6 Å². The Balaban J connectivity index is 1.66. The highest BCUT2D eigenvalue weighted by molar-refractivity contribution is 5.97. The maximum Gasteiger partial charge on any atom is 0.326 e. The van der Waals surface area contributed by atoms with Gasteiger partial charge in [-0.2, -0.15) is 0 Å². The fourth-order valence-electron chi connectivity index (χ4n) is 3.97. The number of aliphatic carboxylic acids is 2. The van der Waals surface area contributed by atoms with Gasteiger partial charge in [0.05, 0.1) is 23.9 Å². The van der Waals surface area contributed by atoms with Gasteiger partial charge in [-0.05, 0) is 55.3 Å². The molecule has 1 atom stereocenters. The third kappa shape index (κ3) is 8.16. The van der Waals surface area contributed by atoms with Crippen LogP contribution in [0.1, 0.15) is 41.0 Å². The molecule has 2 aromatic carbocycles. The van der Waals surface area contributed by atoms with Crippen molar-refractivity contribution in [1.29, 1.82) is 0 Å². The number of aryl methyl sites for hydroxylation is 1. The highest BCUT2D eigenvalue weighted by Crippen LogP contribution is 2.20. The van der Waals surface area contributed by atoms with E-state index in [0.29, 0.717) is 29.0 Å². The number of H-pyrrole nitrogens is 1. The van der Waals surface area contributed by atoms with Gasteiger partial charge in [-0.25, -0.2) is 9.78 Å². The van der Waals surface area contributed by atoms with Crippen LogP contribution in [0.3, 0.4) is 0 Å². The van der Waals surface area contributed by atoms with Gasteiger partial charge in [-0.15, -0.1) is 6.42 Å². The highest BCUT2D eigenvalue weighted by Gasteiger charge is 2.22. The van der Waals surface area contributed by atoms with Crippen molar-refractivity contribution in [3.05, 3.63) is 69.8 Å². The predicted octanol–water partition coefficient (Wildman–Crippen LogP) is 1.43. The lowest BCUT2D eigenvalue weighted by atomic mass is 10.1. The van der Waals surface area contributed by atoms with Gasteiger partial charge in [-0.3, -0.25) is 19.2 Å². The van der Waals surface area contributed by atoms with Crippen LogP contribution in [0.15, 0.2) is 47.3 Å². The second-order valence-corrected chi connectivity index (χ2v) is 9.01. The van der Waals surface area contributed by atoms with E-state index < -0.39 is 29.8 Å². The first kappa shape index (κ1) is 29.4. The van der Waals surface area contributed by atoms with E-state index in [-0.39, 0.29) is 43.5 Å². The van der Waals surface area contributed by atoms with E-state index in [1.807, 2.05) is 11.0 Å². The maximum absolute atomic E-state index is 12.7. The van der Waals surface area contributed by atoms with Gasteiger partial charge in [0.25, 0.3) is 11.5 Å². The lowest BCUT2D eigenvalue weighted by Crippen LogP contribution is -2.41. The molecule has 0 aliphatic rings. The molecule has 0 aliphatic heterocycles. The Kier molecular flexibility index (Phi) is 9.96. The van der Waals surface area contributed by atoms with Crippen molar-refractivity contribution in [2.75, 3.05) is 18.0 Å². The number of carbonyl (C=O) groups excluding carboxylic acids is 2. The number of anilines is 1.